The lowest BCUT2D eigenvalue weighted by Crippen LogP contribution is -2.10. The van der Waals surface area contributed by atoms with Crippen LogP contribution in [-0.2, 0) is 0 Å². The van der Waals surface area contributed by atoms with Gasteiger partial charge < -0.3 is 13.9 Å². The second-order valence-electron chi connectivity index (χ2n) is 8.23. The molecular weight excluding hydrogens is 428 g/mol. The predicted octanol–water partition coefficient (Wildman–Crippen LogP) is 6.95. The number of ether oxygens (including phenoxy) is 2. The van der Waals surface area contributed by atoms with Gasteiger partial charge in [0.1, 0.15) is 17.1 Å². The van der Waals surface area contributed by atoms with E-state index in [9.17, 15) is 9.59 Å². The standard InChI is InChI=1S/C29H28O5/c1-3-4-5-9-18-32-23-14-12-22(13-15-23)29(31)33-26-17-16-24-25(21-10-7-6-8-11-21)19-27(30)34-28(24)20(26)2/h6-8,10-17,19H,3-5,9,18H2,1-2H3. The van der Waals surface area contributed by atoms with Gasteiger partial charge in [0.05, 0.1) is 12.2 Å². The third-order valence-electron chi connectivity index (χ3n) is 5.76. The number of unbranched alkanes of at least 4 members (excludes halogenated alkanes) is 3. The molecule has 0 aliphatic heterocycles. The number of esters is 1. The Morgan fingerprint density at radius 1 is 0.912 bits per heavy atom. The van der Waals surface area contributed by atoms with Gasteiger partial charge in [-0.15, -0.1) is 0 Å². The maximum absolute atomic E-state index is 12.7. The van der Waals surface area contributed by atoms with E-state index in [2.05, 4.69) is 6.92 Å². The molecular formula is C29H28O5. The van der Waals surface area contributed by atoms with Gasteiger partial charge in [-0.1, -0.05) is 56.5 Å². The van der Waals surface area contributed by atoms with E-state index in [4.69, 9.17) is 13.9 Å². The summed E-state index contributed by atoms with van der Waals surface area (Å²) in [6, 6.07) is 21.6. The first kappa shape index (κ1) is 23.3. The van der Waals surface area contributed by atoms with Gasteiger partial charge >= 0.3 is 11.6 Å². The van der Waals surface area contributed by atoms with Gasteiger partial charge in [0.25, 0.3) is 0 Å². The van der Waals surface area contributed by atoms with Gasteiger partial charge in [-0.05, 0) is 60.9 Å². The molecule has 5 nitrogen and oxygen atoms in total. The van der Waals surface area contributed by atoms with E-state index in [1.54, 1.807) is 37.3 Å². The maximum Gasteiger partial charge on any atom is 0.343 e. The van der Waals surface area contributed by atoms with Crippen LogP contribution in [0.15, 0.2) is 82.0 Å². The molecule has 0 fully saturated rings. The fourth-order valence-corrected chi connectivity index (χ4v) is 3.87. The Morgan fingerprint density at radius 2 is 1.68 bits per heavy atom. The molecule has 4 rings (SSSR count). The largest absolute Gasteiger partial charge is 0.494 e. The van der Waals surface area contributed by atoms with E-state index in [1.807, 2.05) is 36.4 Å². The topological polar surface area (TPSA) is 65.7 Å². The van der Waals surface area contributed by atoms with Crippen molar-refractivity contribution >= 4 is 16.9 Å². The molecule has 0 amide bonds. The van der Waals surface area contributed by atoms with Gasteiger partial charge in [0.15, 0.2) is 0 Å². The van der Waals surface area contributed by atoms with E-state index in [0.717, 1.165) is 35.1 Å². The Balaban J connectivity index is 1.52. The van der Waals surface area contributed by atoms with Crippen molar-refractivity contribution < 1.29 is 18.7 Å². The zero-order chi connectivity index (χ0) is 23.9. The minimum absolute atomic E-state index is 0.349. The molecule has 0 saturated carbocycles. The van der Waals surface area contributed by atoms with Crippen LogP contribution in [0.25, 0.3) is 22.1 Å². The Labute approximate surface area is 199 Å². The summed E-state index contributed by atoms with van der Waals surface area (Å²) in [4.78, 5) is 25.0. The van der Waals surface area contributed by atoms with E-state index < -0.39 is 11.6 Å². The van der Waals surface area contributed by atoms with E-state index in [1.165, 1.54) is 18.9 Å². The normalized spacial score (nSPS) is 10.9. The summed E-state index contributed by atoms with van der Waals surface area (Å²) in [6.07, 6.45) is 4.56. The molecule has 1 aromatic heterocycles. The molecule has 4 aromatic rings. The van der Waals surface area contributed by atoms with Crippen molar-refractivity contribution in [3.8, 4) is 22.6 Å². The minimum atomic E-state index is -0.487. The zero-order valence-electron chi connectivity index (χ0n) is 19.5. The summed E-state index contributed by atoms with van der Waals surface area (Å²) in [5.74, 6) is 0.589. The summed E-state index contributed by atoms with van der Waals surface area (Å²) in [6.45, 7) is 4.62. The SMILES string of the molecule is CCCCCCOc1ccc(C(=O)Oc2ccc3c(-c4ccccc4)cc(=O)oc3c2C)cc1. The van der Waals surface area contributed by atoms with Gasteiger partial charge in [0, 0.05) is 17.0 Å². The molecule has 174 valence electrons. The van der Waals surface area contributed by atoms with Gasteiger partial charge in [0.2, 0.25) is 0 Å². The quantitative estimate of drug-likeness (QED) is 0.118. The van der Waals surface area contributed by atoms with Gasteiger partial charge in [-0.2, -0.15) is 0 Å². The first-order chi connectivity index (χ1) is 16.6. The molecule has 3 aromatic carbocycles. The summed E-state index contributed by atoms with van der Waals surface area (Å²) in [7, 11) is 0. The molecule has 34 heavy (non-hydrogen) atoms. The summed E-state index contributed by atoms with van der Waals surface area (Å²) >= 11 is 0. The Morgan fingerprint density at radius 3 is 2.41 bits per heavy atom. The zero-order valence-corrected chi connectivity index (χ0v) is 19.5. The Hall–Kier alpha value is -3.86. The van der Waals surface area contributed by atoms with Gasteiger partial charge in [-0.3, -0.25) is 0 Å². The van der Waals surface area contributed by atoms with Crippen molar-refractivity contribution in [1.29, 1.82) is 0 Å². The summed E-state index contributed by atoms with van der Waals surface area (Å²) in [5, 5.41) is 0.781. The molecule has 0 radical (unpaired) electrons. The molecule has 0 atom stereocenters. The number of benzene rings is 3. The minimum Gasteiger partial charge on any atom is -0.494 e. The van der Waals surface area contributed by atoms with Gasteiger partial charge in [-0.25, -0.2) is 9.59 Å². The molecule has 0 N–H and O–H groups in total. The lowest BCUT2D eigenvalue weighted by molar-refractivity contribution is 0.0733. The molecule has 1 heterocycles. The van der Waals surface area contributed by atoms with Crippen LogP contribution in [-0.4, -0.2) is 12.6 Å². The smallest absolute Gasteiger partial charge is 0.343 e. The first-order valence-corrected chi connectivity index (χ1v) is 11.6. The average Bonchev–Trinajstić information content (AvgIpc) is 2.86. The lowest BCUT2D eigenvalue weighted by Gasteiger charge is -2.12. The number of carbonyl (C=O) groups is 1. The van der Waals surface area contributed by atoms with Crippen LogP contribution in [0.3, 0.4) is 0 Å². The summed E-state index contributed by atoms with van der Waals surface area (Å²) in [5.41, 5.74) is 2.65. The van der Waals surface area contributed by atoms with Crippen LogP contribution in [0.1, 0.15) is 48.5 Å². The third kappa shape index (κ3) is 5.37. The number of hydrogen-bond acceptors (Lipinski definition) is 5. The number of aryl methyl sites for hydroxylation is 1. The number of rotatable bonds is 9. The van der Waals surface area contributed by atoms with Crippen LogP contribution in [0, 0.1) is 6.92 Å². The molecule has 0 spiro atoms. The highest BCUT2D eigenvalue weighted by molar-refractivity contribution is 5.97. The van der Waals surface area contributed by atoms with Crippen LogP contribution in [0.5, 0.6) is 11.5 Å². The molecule has 5 heteroatoms. The molecule has 0 unspecified atom stereocenters. The molecule has 0 bridgehead atoms. The van der Waals surface area contributed by atoms with Crippen LogP contribution in [0.2, 0.25) is 0 Å². The van der Waals surface area contributed by atoms with E-state index >= 15 is 0 Å². The average molecular weight is 457 g/mol. The number of fused-ring (bicyclic) bond motifs is 1. The lowest BCUT2D eigenvalue weighted by atomic mass is 10.0. The van der Waals surface area contributed by atoms with Crippen molar-refractivity contribution in [2.75, 3.05) is 6.61 Å². The van der Waals surface area contributed by atoms with E-state index in [0.29, 0.717) is 29.1 Å². The van der Waals surface area contributed by atoms with Crippen LogP contribution < -0.4 is 15.1 Å². The second-order valence-corrected chi connectivity index (χ2v) is 8.23. The van der Waals surface area contributed by atoms with Crippen molar-refractivity contribution in [2.45, 2.75) is 39.5 Å². The molecule has 0 saturated heterocycles. The highest BCUT2D eigenvalue weighted by atomic mass is 16.5. The fraction of sp³-hybridized carbons (Fsp3) is 0.241. The summed E-state index contributed by atoms with van der Waals surface area (Å²) < 4.78 is 16.9. The Bertz CT molecular complexity index is 1320. The fourth-order valence-electron chi connectivity index (χ4n) is 3.87. The second kappa shape index (κ2) is 10.8. The number of carbonyl (C=O) groups excluding carboxylic acids is 1. The third-order valence-corrected chi connectivity index (χ3v) is 5.76. The first-order valence-electron chi connectivity index (χ1n) is 11.6. The van der Waals surface area contributed by atoms with E-state index in [-0.39, 0.29) is 0 Å². The number of hydrogen-bond donors (Lipinski definition) is 0. The highest BCUT2D eigenvalue weighted by Gasteiger charge is 2.16. The maximum atomic E-state index is 12.7. The van der Waals surface area contributed by atoms with Crippen molar-refractivity contribution in [3.63, 3.8) is 0 Å². The highest BCUT2D eigenvalue weighted by Crippen LogP contribution is 2.33. The molecule has 0 aliphatic rings. The van der Waals surface area contributed by atoms with Crippen LogP contribution in [0.4, 0.5) is 0 Å². The van der Waals surface area contributed by atoms with Crippen molar-refractivity contribution in [2.24, 2.45) is 0 Å². The Kier molecular flexibility index (Phi) is 7.43. The van der Waals surface area contributed by atoms with Crippen molar-refractivity contribution in [3.05, 3.63) is 94.3 Å². The molecule has 0 aliphatic carbocycles. The monoisotopic (exact) mass is 456 g/mol. The van der Waals surface area contributed by atoms with Crippen LogP contribution >= 0.6 is 0 Å². The van der Waals surface area contributed by atoms with Crippen molar-refractivity contribution in [1.82, 2.24) is 0 Å². The predicted molar refractivity (Wildman–Crippen MR) is 134 cm³/mol.